The summed E-state index contributed by atoms with van der Waals surface area (Å²) in [6, 6.07) is 11.3. The van der Waals surface area contributed by atoms with Gasteiger partial charge in [-0.15, -0.1) is 11.8 Å². The van der Waals surface area contributed by atoms with Gasteiger partial charge in [-0.1, -0.05) is 24.3 Å². The molecule has 0 saturated heterocycles. The zero-order chi connectivity index (χ0) is 22.1. The lowest BCUT2D eigenvalue weighted by Gasteiger charge is -2.28. The van der Waals surface area contributed by atoms with Crippen molar-refractivity contribution in [2.24, 2.45) is 0 Å². The second-order valence-electron chi connectivity index (χ2n) is 6.64. The molecule has 2 aromatic carbocycles. The van der Waals surface area contributed by atoms with Crippen LogP contribution in [0.15, 0.2) is 48.5 Å². The quantitative estimate of drug-likeness (QED) is 0.457. The molecule has 30 heavy (non-hydrogen) atoms. The standard InChI is InChI=1S/C21H24FN3O4S/c1-3-23-21(27)15(2)24(12-16-4-8-18(22)9-5-16)20(26)14-30-13-17-6-10-19(11-7-17)25(28)29/h4-11,15H,3,12-14H2,1-2H3,(H,23,27). The number of carbonyl (C=O) groups is 2. The van der Waals surface area contributed by atoms with Crippen molar-refractivity contribution in [3.63, 3.8) is 0 Å². The van der Waals surface area contributed by atoms with Gasteiger partial charge in [0.15, 0.2) is 0 Å². The molecule has 7 nitrogen and oxygen atoms in total. The topological polar surface area (TPSA) is 92.6 Å². The fourth-order valence-electron chi connectivity index (χ4n) is 2.74. The first kappa shape index (κ1) is 23.3. The maximum atomic E-state index is 13.2. The summed E-state index contributed by atoms with van der Waals surface area (Å²) in [4.78, 5) is 36.9. The Kier molecular flexibility index (Phi) is 8.79. The Morgan fingerprint density at radius 3 is 2.30 bits per heavy atom. The van der Waals surface area contributed by atoms with Gasteiger partial charge in [0.1, 0.15) is 11.9 Å². The molecule has 0 aromatic heterocycles. The Bertz CT molecular complexity index is 875. The largest absolute Gasteiger partial charge is 0.355 e. The van der Waals surface area contributed by atoms with Crippen molar-refractivity contribution < 1.29 is 18.9 Å². The summed E-state index contributed by atoms with van der Waals surface area (Å²) in [6.45, 7) is 4.11. The van der Waals surface area contributed by atoms with E-state index >= 15 is 0 Å². The number of nitrogens with zero attached hydrogens (tertiary/aromatic N) is 2. The summed E-state index contributed by atoms with van der Waals surface area (Å²) >= 11 is 1.36. The van der Waals surface area contributed by atoms with E-state index < -0.39 is 11.0 Å². The summed E-state index contributed by atoms with van der Waals surface area (Å²) in [5, 5.41) is 13.4. The van der Waals surface area contributed by atoms with Crippen LogP contribution in [0.3, 0.4) is 0 Å². The minimum Gasteiger partial charge on any atom is -0.355 e. The van der Waals surface area contributed by atoms with Crippen LogP contribution >= 0.6 is 11.8 Å². The van der Waals surface area contributed by atoms with Crippen LogP contribution in [-0.2, 0) is 21.9 Å². The average Bonchev–Trinajstić information content (AvgIpc) is 2.73. The lowest BCUT2D eigenvalue weighted by Crippen LogP contribution is -2.48. The van der Waals surface area contributed by atoms with E-state index in [0.29, 0.717) is 12.3 Å². The van der Waals surface area contributed by atoms with E-state index in [2.05, 4.69) is 5.32 Å². The first-order valence-corrected chi connectivity index (χ1v) is 10.6. The highest BCUT2D eigenvalue weighted by molar-refractivity contribution is 7.99. The molecular weight excluding hydrogens is 409 g/mol. The SMILES string of the molecule is CCNC(=O)C(C)N(Cc1ccc(F)cc1)C(=O)CSCc1ccc([N+](=O)[O-])cc1. The molecule has 0 spiro atoms. The molecule has 1 N–H and O–H groups in total. The minimum atomic E-state index is -0.678. The summed E-state index contributed by atoms with van der Waals surface area (Å²) < 4.78 is 13.2. The fourth-order valence-corrected chi connectivity index (χ4v) is 3.61. The second kappa shape index (κ2) is 11.3. The fraction of sp³-hybridized carbons (Fsp3) is 0.333. The van der Waals surface area contributed by atoms with Crippen LogP contribution in [0.25, 0.3) is 0 Å². The number of nitrogens with one attached hydrogen (secondary N) is 1. The third kappa shape index (κ3) is 6.84. The number of amides is 2. The molecular formula is C21H24FN3O4S. The predicted molar refractivity (Wildman–Crippen MR) is 114 cm³/mol. The Morgan fingerprint density at radius 1 is 1.13 bits per heavy atom. The van der Waals surface area contributed by atoms with Crippen molar-refractivity contribution in [2.45, 2.75) is 32.2 Å². The number of non-ortho nitro benzene ring substituents is 1. The second-order valence-corrected chi connectivity index (χ2v) is 7.62. The lowest BCUT2D eigenvalue weighted by molar-refractivity contribution is -0.384. The number of thioether (sulfide) groups is 1. The van der Waals surface area contributed by atoms with Crippen molar-refractivity contribution in [3.8, 4) is 0 Å². The number of nitro groups is 1. The highest BCUT2D eigenvalue weighted by Crippen LogP contribution is 2.18. The van der Waals surface area contributed by atoms with Gasteiger partial charge in [0, 0.05) is 31.0 Å². The van der Waals surface area contributed by atoms with Gasteiger partial charge in [-0.3, -0.25) is 19.7 Å². The van der Waals surface area contributed by atoms with Crippen molar-refractivity contribution in [3.05, 3.63) is 75.6 Å². The van der Waals surface area contributed by atoms with E-state index in [0.717, 1.165) is 11.1 Å². The highest BCUT2D eigenvalue weighted by Gasteiger charge is 2.25. The number of hydrogen-bond acceptors (Lipinski definition) is 5. The van der Waals surface area contributed by atoms with Crippen molar-refractivity contribution in [1.82, 2.24) is 10.2 Å². The number of carbonyl (C=O) groups excluding carboxylic acids is 2. The molecule has 0 fully saturated rings. The first-order valence-electron chi connectivity index (χ1n) is 9.44. The van der Waals surface area contributed by atoms with Gasteiger partial charge < -0.3 is 10.2 Å². The van der Waals surface area contributed by atoms with E-state index in [1.54, 1.807) is 38.1 Å². The number of rotatable bonds is 10. The number of halogens is 1. The normalized spacial score (nSPS) is 11.6. The zero-order valence-corrected chi connectivity index (χ0v) is 17.7. The Hall–Kier alpha value is -2.94. The molecule has 0 aliphatic rings. The van der Waals surface area contributed by atoms with Crippen LogP contribution in [0, 0.1) is 15.9 Å². The zero-order valence-electron chi connectivity index (χ0n) is 16.8. The van der Waals surface area contributed by atoms with Gasteiger partial charge in [-0.2, -0.15) is 0 Å². The third-order valence-corrected chi connectivity index (χ3v) is 5.41. The molecule has 1 atom stereocenters. The molecule has 0 aliphatic heterocycles. The van der Waals surface area contributed by atoms with Crippen molar-refractivity contribution >= 4 is 29.3 Å². The molecule has 2 aromatic rings. The Balaban J connectivity index is 2.02. The molecule has 9 heteroatoms. The van der Waals surface area contributed by atoms with E-state index in [-0.39, 0.29) is 35.6 Å². The lowest BCUT2D eigenvalue weighted by atomic mass is 10.1. The van der Waals surface area contributed by atoms with Crippen LogP contribution in [-0.4, -0.2) is 40.0 Å². The summed E-state index contributed by atoms with van der Waals surface area (Å²) in [5.41, 5.74) is 1.60. The van der Waals surface area contributed by atoms with Gasteiger partial charge in [0.25, 0.3) is 5.69 Å². The van der Waals surface area contributed by atoms with E-state index in [4.69, 9.17) is 0 Å². The minimum absolute atomic E-state index is 0.0149. The van der Waals surface area contributed by atoms with E-state index in [9.17, 15) is 24.1 Å². The summed E-state index contributed by atoms with van der Waals surface area (Å²) in [7, 11) is 0. The molecule has 0 saturated carbocycles. The molecule has 0 aliphatic carbocycles. The van der Waals surface area contributed by atoms with Gasteiger partial charge in [0.2, 0.25) is 11.8 Å². The van der Waals surface area contributed by atoms with E-state index in [1.807, 2.05) is 0 Å². The summed E-state index contributed by atoms with van der Waals surface area (Å²) in [5.74, 6) is -0.198. The monoisotopic (exact) mass is 433 g/mol. The molecule has 2 rings (SSSR count). The Labute approximate surface area is 178 Å². The molecule has 2 amide bonds. The highest BCUT2D eigenvalue weighted by atomic mass is 32.2. The maximum absolute atomic E-state index is 13.2. The molecule has 1 unspecified atom stereocenters. The summed E-state index contributed by atoms with van der Waals surface area (Å²) in [6.07, 6.45) is 0. The number of hydrogen-bond donors (Lipinski definition) is 1. The molecule has 0 bridgehead atoms. The van der Waals surface area contributed by atoms with Crippen LogP contribution in [0.4, 0.5) is 10.1 Å². The predicted octanol–water partition coefficient (Wildman–Crippen LogP) is 3.52. The third-order valence-electron chi connectivity index (χ3n) is 4.43. The molecule has 0 heterocycles. The van der Waals surface area contributed by atoms with Gasteiger partial charge in [-0.05, 0) is 37.1 Å². The van der Waals surface area contributed by atoms with Crippen LogP contribution < -0.4 is 5.32 Å². The van der Waals surface area contributed by atoms with Gasteiger partial charge in [-0.25, -0.2) is 4.39 Å². The van der Waals surface area contributed by atoms with Crippen LogP contribution in [0.5, 0.6) is 0 Å². The van der Waals surface area contributed by atoms with Crippen LogP contribution in [0.2, 0.25) is 0 Å². The number of nitro benzene ring substituents is 1. The first-order chi connectivity index (χ1) is 14.3. The smallest absolute Gasteiger partial charge is 0.269 e. The average molecular weight is 434 g/mol. The molecule has 0 radical (unpaired) electrons. The maximum Gasteiger partial charge on any atom is 0.269 e. The van der Waals surface area contributed by atoms with Gasteiger partial charge >= 0.3 is 0 Å². The van der Waals surface area contributed by atoms with Crippen molar-refractivity contribution in [2.75, 3.05) is 12.3 Å². The van der Waals surface area contributed by atoms with Gasteiger partial charge in [0.05, 0.1) is 10.7 Å². The number of likely N-dealkylation sites (N-methyl/N-ethyl adjacent to an activating group) is 1. The Morgan fingerprint density at radius 2 is 1.73 bits per heavy atom. The number of benzene rings is 2. The van der Waals surface area contributed by atoms with Crippen LogP contribution in [0.1, 0.15) is 25.0 Å². The molecule has 160 valence electrons. The van der Waals surface area contributed by atoms with E-state index in [1.165, 1.54) is 40.9 Å². The van der Waals surface area contributed by atoms with Crippen molar-refractivity contribution in [1.29, 1.82) is 0 Å².